The van der Waals surface area contributed by atoms with Gasteiger partial charge in [-0.15, -0.1) is 12.4 Å². The number of anilines is 1. The molecule has 1 aromatic carbocycles. The second-order valence-corrected chi connectivity index (χ2v) is 4.95. The number of fused-ring (bicyclic) bond motifs is 1. The van der Waals surface area contributed by atoms with Crippen LogP contribution < -0.4 is 10.6 Å². The van der Waals surface area contributed by atoms with Gasteiger partial charge in [0.1, 0.15) is 0 Å². The molecule has 0 spiro atoms. The summed E-state index contributed by atoms with van der Waals surface area (Å²) in [6.45, 7) is 0.785. The number of hydrogen-bond donors (Lipinski definition) is 3. The highest BCUT2D eigenvalue weighted by Gasteiger charge is 2.31. The number of nitrogens with zero attached hydrogens (tertiary/aromatic N) is 1. The van der Waals surface area contributed by atoms with Crippen LogP contribution in [-0.4, -0.2) is 28.5 Å². The third-order valence-electron chi connectivity index (χ3n) is 3.43. The molecule has 1 fully saturated rings. The Kier molecular flexibility index (Phi) is 4.62. The number of alkyl halides is 3. The van der Waals surface area contributed by atoms with Crippen molar-refractivity contribution in [3.63, 3.8) is 0 Å². The van der Waals surface area contributed by atoms with Crippen molar-refractivity contribution >= 4 is 35.3 Å². The van der Waals surface area contributed by atoms with E-state index in [1.807, 2.05) is 0 Å². The van der Waals surface area contributed by atoms with Gasteiger partial charge in [-0.2, -0.15) is 13.2 Å². The molecule has 1 aliphatic rings. The highest BCUT2D eigenvalue weighted by molar-refractivity contribution is 5.95. The second kappa shape index (κ2) is 6.13. The number of benzene rings is 1. The van der Waals surface area contributed by atoms with Crippen LogP contribution in [0.3, 0.4) is 0 Å². The monoisotopic (exact) mass is 334 g/mol. The van der Waals surface area contributed by atoms with Gasteiger partial charge in [0.15, 0.2) is 0 Å². The maximum atomic E-state index is 12.6. The van der Waals surface area contributed by atoms with Crippen LogP contribution in [0.4, 0.5) is 19.1 Å². The molecule has 2 aromatic rings. The number of carbonyl (C=O) groups is 1. The lowest BCUT2D eigenvalue weighted by Gasteiger charge is -2.08. The molecule has 2 heterocycles. The van der Waals surface area contributed by atoms with Crippen LogP contribution in [0.1, 0.15) is 18.4 Å². The lowest BCUT2D eigenvalue weighted by Crippen LogP contribution is -2.35. The van der Waals surface area contributed by atoms with E-state index < -0.39 is 11.7 Å². The summed E-state index contributed by atoms with van der Waals surface area (Å²) in [5.41, 5.74) is -0.147. The zero-order valence-electron chi connectivity index (χ0n) is 11.3. The van der Waals surface area contributed by atoms with Gasteiger partial charge in [0.25, 0.3) is 0 Å². The number of halogens is 4. The van der Waals surface area contributed by atoms with Crippen molar-refractivity contribution in [2.45, 2.75) is 25.1 Å². The largest absolute Gasteiger partial charge is 0.416 e. The van der Waals surface area contributed by atoms with E-state index in [1.165, 1.54) is 6.07 Å². The molecule has 0 radical (unpaired) electrons. The standard InChI is InChI=1S/C13H13F3N4O.ClH/c14-13(15,16)7-3-4-8-10(6-7)19-12(18-8)20-11(21)9-2-1-5-17-9;/h3-4,6,9,17H,1-2,5H2,(H2,18,19,20,21);1H. The molecule has 1 aliphatic heterocycles. The van der Waals surface area contributed by atoms with Gasteiger partial charge in [-0.25, -0.2) is 4.98 Å². The number of aromatic amines is 1. The van der Waals surface area contributed by atoms with E-state index in [1.54, 1.807) is 0 Å². The van der Waals surface area contributed by atoms with Gasteiger partial charge in [0, 0.05) is 0 Å². The van der Waals surface area contributed by atoms with E-state index in [9.17, 15) is 18.0 Å². The van der Waals surface area contributed by atoms with Crippen molar-refractivity contribution in [1.29, 1.82) is 0 Å². The first kappa shape index (κ1) is 16.6. The van der Waals surface area contributed by atoms with Crippen LogP contribution in [0.5, 0.6) is 0 Å². The maximum Gasteiger partial charge on any atom is 0.416 e. The molecule has 9 heteroatoms. The SMILES string of the molecule is Cl.O=C(Nc1nc2ccc(C(F)(F)F)cc2[nH]1)C1CCCN1. The summed E-state index contributed by atoms with van der Waals surface area (Å²) in [6.07, 6.45) is -2.74. The van der Waals surface area contributed by atoms with Crippen molar-refractivity contribution in [3.05, 3.63) is 23.8 Å². The van der Waals surface area contributed by atoms with Crippen molar-refractivity contribution < 1.29 is 18.0 Å². The number of aromatic nitrogens is 2. The molecule has 1 amide bonds. The first-order chi connectivity index (χ1) is 9.93. The van der Waals surface area contributed by atoms with Crippen LogP contribution in [0.25, 0.3) is 11.0 Å². The van der Waals surface area contributed by atoms with Gasteiger partial charge in [0.2, 0.25) is 11.9 Å². The van der Waals surface area contributed by atoms with Crippen molar-refractivity contribution in [2.75, 3.05) is 11.9 Å². The van der Waals surface area contributed by atoms with E-state index in [2.05, 4.69) is 20.6 Å². The fourth-order valence-corrected chi connectivity index (χ4v) is 2.36. The van der Waals surface area contributed by atoms with Gasteiger partial charge in [-0.3, -0.25) is 10.1 Å². The van der Waals surface area contributed by atoms with Crippen molar-refractivity contribution in [2.24, 2.45) is 0 Å². The zero-order chi connectivity index (χ0) is 15.0. The lowest BCUT2D eigenvalue weighted by molar-refractivity contribution is -0.137. The predicted octanol–water partition coefficient (Wildman–Crippen LogP) is 2.69. The lowest BCUT2D eigenvalue weighted by atomic mass is 10.2. The number of carbonyl (C=O) groups excluding carboxylic acids is 1. The highest BCUT2D eigenvalue weighted by atomic mass is 35.5. The molecule has 22 heavy (non-hydrogen) atoms. The van der Waals surface area contributed by atoms with E-state index in [0.29, 0.717) is 5.52 Å². The minimum absolute atomic E-state index is 0. The molecule has 0 saturated carbocycles. The summed E-state index contributed by atoms with van der Waals surface area (Å²) in [6, 6.07) is 2.95. The molecule has 5 nitrogen and oxygen atoms in total. The summed E-state index contributed by atoms with van der Waals surface area (Å²) in [7, 11) is 0. The highest BCUT2D eigenvalue weighted by Crippen LogP contribution is 2.31. The van der Waals surface area contributed by atoms with Crippen LogP contribution >= 0.6 is 12.4 Å². The summed E-state index contributed by atoms with van der Waals surface area (Å²) in [4.78, 5) is 18.7. The third kappa shape index (κ3) is 3.33. The maximum absolute atomic E-state index is 12.6. The zero-order valence-corrected chi connectivity index (χ0v) is 12.1. The topological polar surface area (TPSA) is 69.8 Å². The van der Waals surface area contributed by atoms with E-state index in [0.717, 1.165) is 31.5 Å². The van der Waals surface area contributed by atoms with Crippen LogP contribution in [0.15, 0.2) is 18.2 Å². The normalized spacial score (nSPS) is 18.2. The minimum Gasteiger partial charge on any atom is -0.324 e. The number of imidazole rings is 1. The Labute approximate surface area is 130 Å². The minimum atomic E-state index is -4.41. The predicted molar refractivity (Wildman–Crippen MR) is 78.0 cm³/mol. The molecular weight excluding hydrogens is 321 g/mol. The first-order valence-electron chi connectivity index (χ1n) is 6.55. The van der Waals surface area contributed by atoms with E-state index >= 15 is 0 Å². The molecule has 0 bridgehead atoms. The second-order valence-electron chi connectivity index (χ2n) is 4.95. The van der Waals surface area contributed by atoms with Gasteiger partial charge in [-0.05, 0) is 37.6 Å². The number of rotatable bonds is 2. The quantitative estimate of drug-likeness (QED) is 0.791. The molecule has 0 aliphatic carbocycles. The van der Waals surface area contributed by atoms with Crippen LogP contribution in [-0.2, 0) is 11.0 Å². The van der Waals surface area contributed by atoms with Gasteiger partial charge >= 0.3 is 6.18 Å². The first-order valence-corrected chi connectivity index (χ1v) is 6.55. The molecule has 3 N–H and O–H groups in total. The Bertz CT molecular complexity index is 679. The fraction of sp³-hybridized carbons (Fsp3) is 0.385. The molecule has 1 atom stereocenters. The fourth-order valence-electron chi connectivity index (χ4n) is 2.36. The number of amides is 1. The number of nitrogens with one attached hydrogen (secondary N) is 3. The third-order valence-corrected chi connectivity index (χ3v) is 3.43. The summed E-state index contributed by atoms with van der Waals surface area (Å²) in [5.74, 6) is -0.0781. The average Bonchev–Trinajstić information content (AvgIpc) is 3.05. The molecule has 120 valence electrons. The Morgan fingerprint density at radius 3 is 2.77 bits per heavy atom. The van der Waals surface area contributed by atoms with Gasteiger partial charge in [-0.1, -0.05) is 0 Å². The Morgan fingerprint density at radius 2 is 2.14 bits per heavy atom. The molecular formula is C13H14ClF3N4O. The molecule has 1 saturated heterocycles. The molecule has 3 rings (SSSR count). The van der Waals surface area contributed by atoms with E-state index in [-0.39, 0.29) is 35.8 Å². The summed E-state index contributed by atoms with van der Waals surface area (Å²) in [5, 5.41) is 5.62. The van der Waals surface area contributed by atoms with Crippen molar-refractivity contribution in [1.82, 2.24) is 15.3 Å². The molecule has 1 unspecified atom stereocenters. The van der Waals surface area contributed by atoms with E-state index in [4.69, 9.17) is 0 Å². The Morgan fingerprint density at radius 1 is 1.36 bits per heavy atom. The van der Waals surface area contributed by atoms with Gasteiger partial charge in [0.05, 0.1) is 22.6 Å². The van der Waals surface area contributed by atoms with Gasteiger partial charge < -0.3 is 10.3 Å². The summed E-state index contributed by atoms with van der Waals surface area (Å²) >= 11 is 0. The number of hydrogen-bond acceptors (Lipinski definition) is 3. The summed E-state index contributed by atoms with van der Waals surface area (Å²) < 4.78 is 37.9. The van der Waals surface area contributed by atoms with Crippen LogP contribution in [0.2, 0.25) is 0 Å². The average molecular weight is 335 g/mol. The van der Waals surface area contributed by atoms with Crippen molar-refractivity contribution in [3.8, 4) is 0 Å². The Balaban J connectivity index is 0.00000176. The smallest absolute Gasteiger partial charge is 0.324 e. The Hall–Kier alpha value is -1.80. The van der Waals surface area contributed by atoms with Crippen LogP contribution in [0, 0.1) is 0 Å². The molecule has 1 aromatic heterocycles. The number of H-pyrrole nitrogens is 1.